The number of carbonyl (C=O) groups excluding carboxylic acids is 1. The largest absolute Gasteiger partial charge is 0.272 e. The van der Waals surface area contributed by atoms with Crippen molar-refractivity contribution in [2.75, 3.05) is 0 Å². The SMILES string of the molecule is CC1=CC(=O)[N]C=N1. The van der Waals surface area contributed by atoms with E-state index in [2.05, 4.69) is 10.3 Å². The molecule has 0 aromatic carbocycles. The molecule has 0 saturated carbocycles. The molecule has 0 fully saturated rings. The molecule has 0 atom stereocenters. The first-order chi connectivity index (χ1) is 3.79. The zero-order chi connectivity index (χ0) is 5.98. The van der Waals surface area contributed by atoms with E-state index in [1.807, 2.05) is 0 Å². The molecule has 1 heterocycles. The van der Waals surface area contributed by atoms with Crippen molar-refractivity contribution < 1.29 is 4.79 Å². The molecule has 3 nitrogen and oxygen atoms in total. The van der Waals surface area contributed by atoms with Gasteiger partial charge in [-0.15, -0.1) is 0 Å². The van der Waals surface area contributed by atoms with Crippen LogP contribution >= 0.6 is 0 Å². The minimum absolute atomic E-state index is 0.225. The Bertz CT molecular complexity index is 169. The molecule has 1 aliphatic rings. The average molecular weight is 109 g/mol. The van der Waals surface area contributed by atoms with Gasteiger partial charge in [-0.1, -0.05) is 0 Å². The highest BCUT2D eigenvalue weighted by Crippen LogP contribution is 1.95. The molecule has 1 radical (unpaired) electrons. The second-order valence-electron chi connectivity index (χ2n) is 1.50. The third-order valence-electron chi connectivity index (χ3n) is 0.779. The first-order valence-corrected chi connectivity index (χ1v) is 2.25. The van der Waals surface area contributed by atoms with Crippen LogP contribution < -0.4 is 5.32 Å². The number of amides is 1. The normalized spacial score (nSPS) is 17.6. The van der Waals surface area contributed by atoms with Crippen molar-refractivity contribution in [1.29, 1.82) is 0 Å². The van der Waals surface area contributed by atoms with Crippen molar-refractivity contribution in [2.24, 2.45) is 4.99 Å². The maximum atomic E-state index is 10.3. The minimum Gasteiger partial charge on any atom is -0.267 e. The number of nitrogens with zero attached hydrogens (tertiary/aromatic N) is 2. The lowest BCUT2D eigenvalue weighted by Crippen LogP contribution is -2.13. The molecular formula is C5H5N2O. The van der Waals surface area contributed by atoms with E-state index in [4.69, 9.17) is 0 Å². The van der Waals surface area contributed by atoms with Gasteiger partial charge >= 0.3 is 0 Å². The van der Waals surface area contributed by atoms with Gasteiger partial charge < -0.3 is 0 Å². The van der Waals surface area contributed by atoms with Crippen LogP contribution in [-0.4, -0.2) is 12.2 Å². The van der Waals surface area contributed by atoms with Crippen LogP contribution in [0.5, 0.6) is 0 Å². The van der Waals surface area contributed by atoms with Gasteiger partial charge in [0.2, 0.25) is 0 Å². The Morgan fingerprint density at radius 3 is 2.75 bits per heavy atom. The number of carbonyl (C=O) groups is 1. The molecule has 1 rings (SSSR count). The Morgan fingerprint density at radius 2 is 2.38 bits per heavy atom. The predicted octanol–water partition coefficient (Wildman–Crippen LogP) is 0.0631. The molecule has 0 aromatic heterocycles. The number of aliphatic imine (C=N–C) groups is 1. The summed E-state index contributed by atoms with van der Waals surface area (Å²) in [5, 5.41) is 3.37. The van der Waals surface area contributed by atoms with Crippen LogP contribution in [0.15, 0.2) is 16.8 Å². The lowest BCUT2D eigenvalue weighted by molar-refractivity contribution is -0.115. The molecule has 3 heteroatoms. The van der Waals surface area contributed by atoms with Gasteiger partial charge in [-0.2, -0.15) is 5.32 Å². The van der Waals surface area contributed by atoms with Crippen LogP contribution in [0.1, 0.15) is 6.92 Å². The van der Waals surface area contributed by atoms with Crippen LogP contribution in [0.25, 0.3) is 0 Å². The van der Waals surface area contributed by atoms with E-state index in [0.717, 1.165) is 0 Å². The predicted molar refractivity (Wildman–Crippen MR) is 29.4 cm³/mol. The van der Waals surface area contributed by atoms with E-state index in [9.17, 15) is 4.79 Å². The summed E-state index contributed by atoms with van der Waals surface area (Å²) >= 11 is 0. The van der Waals surface area contributed by atoms with Gasteiger partial charge in [-0.05, 0) is 6.92 Å². The van der Waals surface area contributed by atoms with Crippen LogP contribution in [0.2, 0.25) is 0 Å². The van der Waals surface area contributed by atoms with E-state index >= 15 is 0 Å². The standard InChI is InChI=1S/C5H5N2O/c1-4-2-5(8)7-3-6-4/h2-3H,1H3. The molecule has 0 unspecified atom stereocenters. The van der Waals surface area contributed by atoms with Crippen molar-refractivity contribution in [1.82, 2.24) is 5.32 Å². The summed E-state index contributed by atoms with van der Waals surface area (Å²) in [7, 11) is 0. The Balaban J connectivity index is 2.77. The smallest absolute Gasteiger partial charge is 0.267 e. The highest BCUT2D eigenvalue weighted by atomic mass is 16.1. The van der Waals surface area contributed by atoms with Gasteiger partial charge in [0, 0.05) is 11.8 Å². The molecular weight excluding hydrogens is 104 g/mol. The summed E-state index contributed by atoms with van der Waals surface area (Å²) in [5.74, 6) is -0.225. The first kappa shape index (κ1) is 5.03. The van der Waals surface area contributed by atoms with Gasteiger partial charge in [0.1, 0.15) is 6.34 Å². The lowest BCUT2D eigenvalue weighted by Gasteiger charge is -1.95. The zero-order valence-electron chi connectivity index (χ0n) is 4.46. The Hall–Kier alpha value is -1.12. The fourth-order valence-electron chi connectivity index (χ4n) is 0.430. The molecule has 8 heavy (non-hydrogen) atoms. The van der Waals surface area contributed by atoms with Crippen LogP contribution in [0.3, 0.4) is 0 Å². The molecule has 0 spiro atoms. The number of hydrogen-bond donors (Lipinski definition) is 0. The number of rotatable bonds is 0. The van der Waals surface area contributed by atoms with Crippen molar-refractivity contribution in [3.05, 3.63) is 11.8 Å². The molecule has 1 aliphatic heterocycles. The number of hydrogen-bond acceptors (Lipinski definition) is 2. The second kappa shape index (κ2) is 1.78. The van der Waals surface area contributed by atoms with Gasteiger partial charge in [0.15, 0.2) is 0 Å². The topological polar surface area (TPSA) is 43.5 Å². The quantitative estimate of drug-likeness (QED) is 0.434. The van der Waals surface area contributed by atoms with Crippen molar-refractivity contribution in [3.8, 4) is 0 Å². The van der Waals surface area contributed by atoms with E-state index < -0.39 is 0 Å². The number of allylic oxidation sites excluding steroid dienone is 1. The van der Waals surface area contributed by atoms with Gasteiger partial charge in [0.25, 0.3) is 5.91 Å². The maximum Gasteiger partial charge on any atom is 0.272 e. The van der Waals surface area contributed by atoms with E-state index in [0.29, 0.717) is 5.70 Å². The third kappa shape index (κ3) is 0.932. The summed E-state index contributed by atoms with van der Waals surface area (Å²) in [6.07, 6.45) is 2.65. The molecule has 41 valence electrons. The average Bonchev–Trinajstić information content (AvgIpc) is 1.64. The summed E-state index contributed by atoms with van der Waals surface area (Å²) in [5.41, 5.74) is 0.713. The summed E-state index contributed by atoms with van der Waals surface area (Å²) < 4.78 is 0. The zero-order valence-corrected chi connectivity index (χ0v) is 4.46. The third-order valence-corrected chi connectivity index (χ3v) is 0.779. The van der Waals surface area contributed by atoms with Gasteiger partial charge in [-0.3, -0.25) is 4.79 Å². The van der Waals surface area contributed by atoms with E-state index in [-0.39, 0.29) is 5.91 Å². The van der Waals surface area contributed by atoms with Crippen LogP contribution in [0.4, 0.5) is 0 Å². The van der Waals surface area contributed by atoms with Crippen LogP contribution in [0, 0.1) is 0 Å². The minimum atomic E-state index is -0.225. The molecule has 0 aromatic rings. The van der Waals surface area contributed by atoms with Crippen molar-refractivity contribution in [3.63, 3.8) is 0 Å². The molecule has 0 N–H and O–H groups in total. The summed E-state index contributed by atoms with van der Waals surface area (Å²) in [6.45, 7) is 1.75. The Kier molecular flexibility index (Phi) is 1.12. The van der Waals surface area contributed by atoms with Gasteiger partial charge in [-0.25, -0.2) is 4.99 Å². The lowest BCUT2D eigenvalue weighted by atomic mass is 10.4. The summed E-state index contributed by atoms with van der Waals surface area (Å²) in [6, 6.07) is 0. The Morgan fingerprint density at radius 1 is 1.62 bits per heavy atom. The molecule has 0 bridgehead atoms. The first-order valence-electron chi connectivity index (χ1n) is 2.25. The fraction of sp³-hybridized carbons (Fsp3) is 0.200. The second-order valence-corrected chi connectivity index (χ2v) is 1.50. The fourth-order valence-corrected chi connectivity index (χ4v) is 0.430. The van der Waals surface area contributed by atoms with Gasteiger partial charge in [0.05, 0.1) is 0 Å². The highest BCUT2D eigenvalue weighted by Gasteiger charge is 1.99. The summed E-state index contributed by atoms with van der Waals surface area (Å²) in [4.78, 5) is 14.1. The van der Waals surface area contributed by atoms with E-state index in [1.54, 1.807) is 6.92 Å². The molecule has 0 aliphatic carbocycles. The highest BCUT2D eigenvalue weighted by molar-refractivity contribution is 5.97. The van der Waals surface area contributed by atoms with E-state index in [1.165, 1.54) is 12.4 Å². The Labute approximate surface area is 47.1 Å². The monoisotopic (exact) mass is 109 g/mol. The molecule has 0 saturated heterocycles. The van der Waals surface area contributed by atoms with Crippen molar-refractivity contribution >= 4 is 12.2 Å². The van der Waals surface area contributed by atoms with Crippen LogP contribution in [-0.2, 0) is 4.79 Å². The molecule has 1 amide bonds. The van der Waals surface area contributed by atoms with Crippen molar-refractivity contribution in [2.45, 2.75) is 6.92 Å². The maximum absolute atomic E-state index is 10.3.